The molecule has 1 aromatic heterocycles. The second kappa shape index (κ2) is 12.9. The quantitative estimate of drug-likeness (QED) is 0.302. The number of carbonyl (C=O) groups excluding carboxylic acids is 4. The highest BCUT2D eigenvalue weighted by molar-refractivity contribution is 6.01. The molecule has 1 heterocycles. The van der Waals surface area contributed by atoms with Gasteiger partial charge in [0, 0.05) is 53.8 Å². The van der Waals surface area contributed by atoms with Crippen LogP contribution in [0, 0.1) is 25.2 Å². The number of nitrogens with two attached hydrogens (primary N) is 2. The van der Waals surface area contributed by atoms with E-state index < -0.39 is 17.9 Å². The molecule has 1 aromatic carbocycles. The largest absolute Gasteiger partial charge is 0.461 e. The lowest BCUT2D eigenvalue weighted by molar-refractivity contribution is -0.155. The number of benzene rings is 1. The van der Waals surface area contributed by atoms with Gasteiger partial charge < -0.3 is 31.4 Å². The molecule has 0 bridgehead atoms. The maximum Gasteiger partial charge on any atom is 0.329 e. The number of nitrogens with one attached hydrogen (secondary N) is 2. The van der Waals surface area contributed by atoms with Crippen LogP contribution in [0.1, 0.15) is 104 Å². The van der Waals surface area contributed by atoms with Gasteiger partial charge in [-0.05, 0) is 81.0 Å². The number of primary amides is 1. The molecule has 1 atom stereocenters. The van der Waals surface area contributed by atoms with Gasteiger partial charge in [0.25, 0.3) is 5.91 Å². The standard InChI is InChI=1S/C33H47N5O5/c1-18(2)30(37-28(40)13-14-34)32(42)43-23-10-7-21(8-11-23)36-25-15-22(9-12-24(25)31(35)41)38-20(4)19(3)29-26(38)16-33(5,6)17-27(29)39/h9,12,15,18,21,23,30,36H,7-8,10-11,13-14,16-17,34H2,1-6H3,(H2,35,41)(H,37,40). The van der Waals surface area contributed by atoms with Crippen LogP contribution >= 0.6 is 0 Å². The Bertz CT molecular complexity index is 1400. The highest BCUT2D eigenvalue weighted by Crippen LogP contribution is 2.40. The number of nitrogens with zero attached hydrogens (tertiary/aromatic N) is 1. The predicted molar refractivity (Wildman–Crippen MR) is 166 cm³/mol. The molecule has 0 saturated heterocycles. The van der Waals surface area contributed by atoms with Gasteiger partial charge in [0.2, 0.25) is 5.91 Å². The average Bonchev–Trinajstić information content (AvgIpc) is 3.16. The molecule has 10 nitrogen and oxygen atoms in total. The van der Waals surface area contributed by atoms with E-state index in [-0.39, 0.29) is 48.1 Å². The van der Waals surface area contributed by atoms with Gasteiger partial charge in [0.15, 0.2) is 5.78 Å². The monoisotopic (exact) mass is 593 g/mol. The minimum atomic E-state index is -0.719. The molecular weight excluding hydrogens is 546 g/mol. The van der Waals surface area contributed by atoms with Crippen molar-refractivity contribution in [3.63, 3.8) is 0 Å². The third-order valence-corrected chi connectivity index (χ3v) is 8.83. The Morgan fingerprint density at radius 3 is 2.37 bits per heavy atom. The van der Waals surface area contributed by atoms with Crippen molar-refractivity contribution in [1.82, 2.24) is 9.88 Å². The Kier molecular flexibility index (Phi) is 9.69. The summed E-state index contributed by atoms with van der Waals surface area (Å²) in [5.74, 6) is -1.16. The van der Waals surface area contributed by atoms with E-state index in [1.807, 2.05) is 39.8 Å². The summed E-state index contributed by atoms with van der Waals surface area (Å²) in [6.07, 6.45) is 3.96. The van der Waals surface area contributed by atoms with Crippen LogP contribution < -0.4 is 22.1 Å². The number of rotatable bonds is 10. The molecule has 2 amide bonds. The van der Waals surface area contributed by atoms with Crippen LogP contribution in [-0.4, -0.2) is 52.9 Å². The van der Waals surface area contributed by atoms with Crippen LogP contribution in [0.4, 0.5) is 5.69 Å². The number of hydrogen-bond donors (Lipinski definition) is 4. The summed E-state index contributed by atoms with van der Waals surface area (Å²) in [5, 5.41) is 6.28. The zero-order valence-electron chi connectivity index (χ0n) is 26.3. The molecule has 0 radical (unpaired) electrons. The Morgan fingerprint density at radius 2 is 1.77 bits per heavy atom. The van der Waals surface area contributed by atoms with Gasteiger partial charge in [-0.3, -0.25) is 14.4 Å². The average molecular weight is 594 g/mol. The number of fused-ring (bicyclic) bond motifs is 1. The fourth-order valence-electron chi connectivity index (χ4n) is 6.47. The summed E-state index contributed by atoms with van der Waals surface area (Å²) in [6.45, 7) is 12.2. The molecule has 1 unspecified atom stereocenters. The van der Waals surface area contributed by atoms with Crippen molar-refractivity contribution in [2.24, 2.45) is 22.8 Å². The van der Waals surface area contributed by atoms with Gasteiger partial charge in [-0.15, -0.1) is 0 Å². The second-order valence-electron chi connectivity index (χ2n) is 13.3. The first-order valence-electron chi connectivity index (χ1n) is 15.4. The summed E-state index contributed by atoms with van der Waals surface area (Å²) in [5.41, 5.74) is 16.8. The van der Waals surface area contributed by atoms with Crippen molar-refractivity contribution in [2.45, 2.75) is 105 Å². The van der Waals surface area contributed by atoms with E-state index in [1.165, 1.54) is 0 Å². The lowest BCUT2D eigenvalue weighted by Gasteiger charge is -2.32. The number of ether oxygens (including phenoxy) is 1. The molecule has 1 saturated carbocycles. The van der Waals surface area contributed by atoms with E-state index in [9.17, 15) is 19.2 Å². The molecule has 1 fully saturated rings. The van der Waals surface area contributed by atoms with Crippen molar-refractivity contribution in [2.75, 3.05) is 11.9 Å². The molecule has 2 aromatic rings. The van der Waals surface area contributed by atoms with Crippen LogP contribution in [0.2, 0.25) is 0 Å². The van der Waals surface area contributed by atoms with Crippen LogP contribution in [0.5, 0.6) is 0 Å². The topological polar surface area (TPSA) is 159 Å². The van der Waals surface area contributed by atoms with Crippen molar-refractivity contribution in [3.8, 4) is 5.69 Å². The number of aromatic nitrogens is 1. The fourth-order valence-corrected chi connectivity index (χ4v) is 6.47. The number of amides is 2. The number of Topliss-reactive ketones (excluding diaryl/α,β-unsaturated/α-hetero) is 1. The van der Waals surface area contributed by atoms with Gasteiger partial charge in [-0.2, -0.15) is 0 Å². The zero-order valence-corrected chi connectivity index (χ0v) is 26.3. The van der Waals surface area contributed by atoms with Crippen molar-refractivity contribution >= 4 is 29.3 Å². The lowest BCUT2D eigenvalue weighted by Crippen LogP contribution is -2.47. The van der Waals surface area contributed by atoms with E-state index in [4.69, 9.17) is 16.2 Å². The number of carbonyl (C=O) groups is 4. The SMILES string of the molecule is Cc1c2c(n(-c3ccc(C(N)=O)c(NC4CCC(OC(=O)C(NC(=O)CCN)C(C)C)CC4)c3)c1C)CC(C)(C)CC2=O. The fraction of sp³-hybridized carbons (Fsp3) is 0.576. The first-order chi connectivity index (χ1) is 20.2. The maximum atomic E-state index is 13.1. The molecule has 0 aliphatic heterocycles. The Balaban J connectivity index is 1.49. The normalized spacial score (nSPS) is 20.3. The van der Waals surface area contributed by atoms with E-state index >= 15 is 0 Å². The van der Waals surface area contributed by atoms with Gasteiger partial charge in [-0.1, -0.05) is 27.7 Å². The number of ketones is 1. The van der Waals surface area contributed by atoms with Crippen molar-refractivity contribution in [1.29, 1.82) is 0 Å². The van der Waals surface area contributed by atoms with E-state index in [1.54, 1.807) is 6.07 Å². The zero-order chi connectivity index (χ0) is 31.6. The number of anilines is 1. The first kappa shape index (κ1) is 32.3. The molecule has 2 aliphatic carbocycles. The minimum Gasteiger partial charge on any atom is -0.461 e. The summed E-state index contributed by atoms with van der Waals surface area (Å²) in [6, 6.07) is 4.91. The van der Waals surface area contributed by atoms with Gasteiger partial charge in [-0.25, -0.2) is 4.79 Å². The minimum absolute atomic E-state index is 0.0513. The molecule has 0 spiro atoms. The predicted octanol–water partition coefficient (Wildman–Crippen LogP) is 4.10. The molecule has 6 N–H and O–H groups in total. The van der Waals surface area contributed by atoms with E-state index in [0.29, 0.717) is 30.5 Å². The third-order valence-electron chi connectivity index (χ3n) is 8.83. The van der Waals surface area contributed by atoms with E-state index in [2.05, 4.69) is 29.0 Å². The highest BCUT2D eigenvalue weighted by atomic mass is 16.5. The Labute approximate surface area is 254 Å². The molecular formula is C33H47N5O5. The Hall–Kier alpha value is -3.66. The molecule has 10 heteroatoms. The summed E-state index contributed by atoms with van der Waals surface area (Å²) < 4.78 is 7.95. The first-order valence-corrected chi connectivity index (χ1v) is 15.4. The van der Waals surface area contributed by atoms with Gasteiger partial charge >= 0.3 is 5.97 Å². The molecule has 4 rings (SSSR count). The van der Waals surface area contributed by atoms with Crippen LogP contribution in [0.25, 0.3) is 5.69 Å². The van der Waals surface area contributed by atoms with Crippen molar-refractivity contribution in [3.05, 3.63) is 46.3 Å². The lowest BCUT2D eigenvalue weighted by atomic mass is 9.75. The van der Waals surface area contributed by atoms with Gasteiger partial charge in [0.05, 0.1) is 5.56 Å². The number of hydrogen-bond acceptors (Lipinski definition) is 7. The maximum absolute atomic E-state index is 13.1. The van der Waals surface area contributed by atoms with Crippen LogP contribution in [0.3, 0.4) is 0 Å². The smallest absolute Gasteiger partial charge is 0.329 e. The molecule has 234 valence electrons. The molecule has 43 heavy (non-hydrogen) atoms. The van der Waals surface area contributed by atoms with E-state index in [0.717, 1.165) is 47.5 Å². The second-order valence-corrected chi connectivity index (χ2v) is 13.3. The third kappa shape index (κ3) is 7.12. The molecule has 2 aliphatic rings. The summed E-state index contributed by atoms with van der Waals surface area (Å²) in [7, 11) is 0. The van der Waals surface area contributed by atoms with Crippen LogP contribution in [0.15, 0.2) is 18.2 Å². The van der Waals surface area contributed by atoms with Crippen molar-refractivity contribution < 1.29 is 23.9 Å². The summed E-state index contributed by atoms with van der Waals surface area (Å²) in [4.78, 5) is 50.4. The van der Waals surface area contributed by atoms with Crippen LogP contribution in [-0.2, 0) is 20.7 Å². The van der Waals surface area contributed by atoms with Gasteiger partial charge in [0.1, 0.15) is 12.1 Å². The number of esters is 1. The summed E-state index contributed by atoms with van der Waals surface area (Å²) >= 11 is 0. The highest BCUT2D eigenvalue weighted by Gasteiger charge is 2.36. The Morgan fingerprint density at radius 1 is 1.09 bits per heavy atom.